The van der Waals surface area contributed by atoms with Crippen molar-refractivity contribution < 1.29 is 10.2 Å². The summed E-state index contributed by atoms with van der Waals surface area (Å²) in [5.74, 6) is 2.25. The molecule has 3 rings (SSSR count). The molecule has 0 radical (unpaired) electrons. The van der Waals surface area contributed by atoms with E-state index in [9.17, 15) is 5.11 Å². The Hall–Kier alpha value is -1.68. The summed E-state index contributed by atoms with van der Waals surface area (Å²) in [4.78, 5) is 15.6. The van der Waals surface area contributed by atoms with Crippen LogP contribution in [0.5, 0.6) is 0 Å². The molecule has 0 saturated carbocycles. The highest BCUT2D eigenvalue weighted by Crippen LogP contribution is 2.29. The summed E-state index contributed by atoms with van der Waals surface area (Å²) in [5, 5.41) is 21.9. The van der Waals surface area contributed by atoms with Crippen molar-refractivity contribution in [2.45, 2.75) is 0 Å². The van der Waals surface area contributed by atoms with Crippen LogP contribution in [0.3, 0.4) is 0 Å². The normalized spacial score (nSPS) is 25.0. The second-order valence-corrected chi connectivity index (χ2v) is 7.33. The molecule has 0 aliphatic carbocycles. The second kappa shape index (κ2) is 8.81. The number of nitrogen functional groups attached to an aromatic ring is 1. The average Bonchev–Trinajstić information content (AvgIpc) is 3.04. The first kappa shape index (κ1) is 19.1. The topological polar surface area (TPSA) is 114 Å². The van der Waals surface area contributed by atoms with Gasteiger partial charge in [-0.2, -0.15) is 9.97 Å². The van der Waals surface area contributed by atoms with E-state index in [-0.39, 0.29) is 25.1 Å². The Labute approximate surface area is 154 Å². The summed E-state index contributed by atoms with van der Waals surface area (Å²) in [6, 6.07) is 1.86. The molecule has 2 aliphatic rings. The summed E-state index contributed by atoms with van der Waals surface area (Å²) < 4.78 is 0. The van der Waals surface area contributed by atoms with Crippen LogP contribution in [0.15, 0.2) is 6.07 Å². The maximum Gasteiger partial charge on any atom is 0.223 e. The third-order valence-electron chi connectivity index (χ3n) is 5.37. The first-order chi connectivity index (χ1) is 12.6. The van der Waals surface area contributed by atoms with Crippen LogP contribution in [0.1, 0.15) is 0 Å². The molecule has 9 nitrogen and oxygen atoms in total. The van der Waals surface area contributed by atoms with Crippen molar-refractivity contribution in [2.75, 3.05) is 88.6 Å². The fourth-order valence-electron chi connectivity index (χ4n) is 3.79. The minimum absolute atomic E-state index is 0.0304. The fraction of sp³-hybridized carbons (Fsp3) is 0.765. The molecule has 0 aromatic carbocycles. The molecule has 26 heavy (non-hydrogen) atoms. The van der Waals surface area contributed by atoms with Crippen LogP contribution < -0.4 is 16.0 Å². The highest BCUT2D eigenvalue weighted by Gasteiger charge is 2.34. The average molecular weight is 365 g/mol. The van der Waals surface area contributed by atoms with Crippen molar-refractivity contribution in [1.82, 2.24) is 19.8 Å². The van der Waals surface area contributed by atoms with Crippen LogP contribution in [-0.4, -0.2) is 103 Å². The molecule has 2 fully saturated rings. The number of piperazine rings is 1. The van der Waals surface area contributed by atoms with E-state index in [0.29, 0.717) is 18.3 Å². The van der Waals surface area contributed by atoms with Gasteiger partial charge in [0.2, 0.25) is 5.95 Å². The van der Waals surface area contributed by atoms with Crippen LogP contribution in [0, 0.1) is 11.8 Å². The number of hydrogen-bond acceptors (Lipinski definition) is 9. The lowest BCUT2D eigenvalue weighted by molar-refractivity contribution is 0.116. The van der Waals surface area contributed by atoms with Gasteiger partial charge in [0, 0.05) is 70.9 Å². The molecule has 2 aliphatic heterocycles. The number of hydrogen-bond donors (Lipinski definition) is 4. The molecule has 9 heteroatoms. The molecule has 0 spiro atoms. The Morgan fingerprint density at radius 3 is 2.58 bits per heavy atom. The zero-order valence-electron chi connectivity index (χ0n) is 15.5. The maximum atomic E-state index is 9.85. The van der Waals surface area contributed by atoms with Gasteiger partial charge in [-0.05, 0) is 13.0 Å². The maximum absolute atomic E-state index is 9.85. The van der Waals surface area contributed by atoms with E-state index in [2.05, 4.69) is 37.0 Å². The molecular formula is C17H31N7O2. The van der Waals surface area contributed by atoms with Crippen LogP contribution in [0.2, 0.25) is 0 Å². The Kier molecular flexibility index (Phi) is 6.47. The highest BCUT2D eigenvalue weighted by atomic mass is 16.3. The van der Waals surface area contributed by atoms with Gasteiger partial charge in [0.15, 0.2) is 0 Å². The Morgan fingerprint density at radius 1 is 1.15 bits per heavy atom. The lowest BCUT2D eigenvalue weighted by Gasteiger charge is -2.34. The Bertz CT molecular complexity index is 580. The van der Waals surface area contributed by atoms with E-state index in [1.165, 1.54) is 0 Å². The van der Waals surface area contributed by atoms with Crippen molar-refractivity contribution in [2.24, 2.45) is 11.8 Å². The molecular weight excluding hydrogens is 334 g/mol. The lowest BCUT2D eigenvalue weighted by atomic mass is 9.96. The van der Waals surface area contributed by atoms with E-state index >= 15 is 0 Å². The summed E-state index contributed by atoms with van der Waals surface area (Å²) in [7, 11) is 2.16. The van der Waals surface area contributed by atoms with Crippen molar-refractivity contribution >= 4 is 17.6 Å². The standard InChI is InChI=1S/C17H31N7O2/c1-22-3-5-23(6-4-22)9-13-10-24(11-14(13)12-26)16-8-15(19-2-7-25)20-17(18)21-16/h8,13-14,25-26H,2-7,9-12H2,1H3,(H3,18,19,20,21)/t13-,14-/m1/s1. The van der Waals surface area contributed by atoms with Crippen molar-refractivity contribution in [1.29, 1.82) is 0 Å². The van der Waals surface area contributed by atoms with Gasteiger partial charge in [-0.3, -0.25) is 0 Å². The Balaban J connectivity index is 1.65. The minimum atomic E-state index is 0.0304. The van der Waals surface area contributed by atoms with Crippen LogP contribution in [-0.2, 0) is 0 Å². The van der Waals surface area contributed by atoms with Gasteiger partial charge >= 0.3 is 0 Å². The van der Waals surface area contributed by atoms with Crippen molar-refractivity contribution in [3.63, 3.8) is 0 Å². The monoisotopic (exact) mass is 365 g/mol. The predicted octanol–water partition coefficient (Wildman–Crippen LogP) is -1.24. The quantitative estimate of drug-likeness (QED) is 0.471. The number of rotatable bonds is 7. The summed E-state index contributed by atoms with van der Waals surface area (Å²) in [5.41, 5.74) is 5.85. The molecule has 2 saturated heterocycles. The predicted molar refractivity (Wildman–Crippen MR) is 102 cm³/mol. The summed E-state index contributed by atoms with van der Waals surface area (Å²) in [6.45, 7) is 7.63. The first-order valence-electron chi connectivity index (χ1n) is 9.35. The number of likely N-dealkylation sites (N-methyl/N-ethyl adjacent to an activating group) is 1. The third-order valence-corrected chi connectivity index (χ3v) is 5.37. The number of aliphatic hydroxyl groups excluding tert-OH is 2. The van der Waals surface area contributed by atoms with Gasteiger partial charge in [0.1, 0.15) is 11.6 Å². The summed E-state index contributed by atoms with van der Waals surface area (Å²) in [6.07, 6.45) is 0. The molecule has 0 amide bonds. The smallest absolute Gasteiger partial charge is 0.223 e. The van der Waals surface area contributed by atoms with Gasteiger partial charge in [-0.25, -0.2) is 0 Å². The molecule has 0 bridgehead atoms. The van der Waals surface area contributed by atoms with Gasteiger partial charge < -0.3 is 36.0 Å². The zero-order valence-corrected chi connectivity index (χ0v) is 15.5. The number of nitrogens with one attached hydrogen (secondary N) is 1. The van der Waals surface area contributed by atoms with E-state index in [1.807, 2.05) is 6.07 Å². The minimum Gasteiger partial charge on any atom is -0.396 e. The van der Waals surface area contributed by atoms with Crippen LogP contribution >= 0.6 is 0 Å². The van der Waals surface area contributed by atoms with Gasteiger partial charge in [0.05, 0.1) is 6.61 Å². The van der Waals surface area contributed by atoms with E-state index in [0.717, 1.165) is 51.6 Å². The largest absolute Gasteiger partial charge is 0.396 e. The Morgan fingerprint density at radius 2 is 1.88 bits per heavy atom. The molecule has 1 aromatic rings. The van der Waals surface area contributed by atoms with Crippen LogP contribution in [0.25, 0.3) is 0 Å². The van der Waals surface area contributed by atoms with Gasteiger partial charge in [-0.15, -0.1) is 0 Å². The molecule has 2 atom stereocenters. The molecule has 1 aromatic heterocycles. The molecule has 146 valence electrons. The van der Waals surface area contributed by atoms with E-state index in [4.69, 9.17) is 10.8 Å². The van der Waals surface area contributed by atoms with Crippen molar-refractivity contribution in [3.05, 3.63) is 6.07 Å². The summed E-state index contributed by atoms with van der Waals surface area (Å²) >= 11 is 0. The number of anilines is 3. The highest BCUT2D eigenvalue weighted by molar-refractivity contribution is 5.53. The van der Waals surface area contributed by atoms with Crippen molar-refractivity contribution in [3.8, 4) is 0 Å². The number of aromatic nitrogens is 2. The van der Waals surface area contributed by atoms with E-state index < -0.39 is 0 Å². The molecule has 3 heterocycles. The molecule has 0 unspecified atom stereocenters. The van der Waals surface area contributed by atoms with Gasteiger partial charge in [-0.1, -0.05) is 0 Å². The lowest BCUT2D eigenvalue weighted by Crippen LogP contribution is -2.47. The fourth-order valence-corrected chi connectivity index (χ4v) is 3.79. The number of nitrogens with two attached hydrogens (primary N) is 1. The van der Waals surface area contributed by atoms with Gasteiger partial charge in [0.25, 0.3) is 0 Å². The number of nitrogens with zero attached hydrogens (tertiary/aromatic N) is 5. The third kappa shape index (κ3) is 4.73. The number of aliphatic hydroxyl groups is 2. The SMILES string of the molecule is CN1CCN(C[C@@H]2CN(c3cc(NCCO)nc(N)n3)C[C@@H]2CO)CC1. The zero-order chi connectivity index (χ0) is 18.5. The molecule has 5 N–H and O–H groups in total. The van der Waals surface area contributed by atoms with E-state index in [1.54, 1.807) is 0 Å². The first-order valence-corrected chi connectivity index (χ1v) is 9.35. The van der Waals surface area contributed by atoms with Crippen LogP contribution in [0.4, 0.5) is 17.6 Å². The second-order valence-electron chi connectivity index (χ2n) is 7.33.